The molecule has 2 aromatic carbocycles. The van der Waals surface area contributed by atoms with E-state index < -0.39 is 0 Å². The van der Waals surface area contributed by atoms with E-state index >= 15 is 0 Å². The maximum absolute atomic E-state index is 13.0. The summed E-state index contributed by atoms with van der Waals surface area (Å²) >= 11 is 0. The molecule has 0 radical (unpaired) electrons. The van der Waals surface area contributed by atoms with Crippen LogP contribution >= 0.6 is 0 Å². The number of rotatable bonds is 6. The predicted octanol–water partition coefficient (Wildman–Crippen LogP) is 1.66. The lowest BCUT2D eigenvalue weighted by molar-refractivity contribution is -0.924. The quantitative estimate of drug-likeness (QED) is 0.810. The number of fused-ring (bicyclic) bond motifs is 1. The van der Waals surface area contributed by atoms with Crippen molar-refractivity contribution in [3.63, 3.8) is 0 Å². The predicted molar refractivity (Wildman–Crippen MR) is 101 cm³/mol. The van der Waals surface area contributed by atoms with E-state index in [0.29, 0.717) is 18.8 Å². The Morgan fingerprint density at radius 1 is 1.19 bits per heavy atom. The van der Waals surface area contributed by atoms with Crippen molar-refractivity contribution in [3.8, 4) is 11.5 Å². The lowest BCUT2D eigenvalue weighted by Crippen LogP contribution is -3.14. The first-order valence-corrected chi connectivity index (χ1v) is 9.12. The molecule has 27 heavy (non-hydrogen) atoms. The topological polar surface area (TPSA) is 52.0 Å². The summed E-state index contributed by atoms with van der Waals surface area (Å²) in [5, 5.41) is 2.92. The van der Waals surface area contributed by atoms with Gasteiger partial charge in [0.15, 0.2) is 18.0 Å². The summed E-state index contributed by atoms with van der Waals surface area (Å²) in [6, 6.07) is 10.4. The molecule has 2 atom stereocenters. The van der Waals surface area contributed by atoms with Crippen LogP contribution in [-0.2, 0) is 17.8 Å². The van der Waals surface area contributed by atoms with Gasteiger partial charge < -0.3 is 19.7 Å². The Kier molecular flexibility index (Phi) is 5.96. The molecule has 6 heteroatoms. The second-order valence-electron chi connectivity index (χ2n) is 6.87. The fourth-order valence-electron chi connectivity index (χ4n) is 3.60. The third kappa shape index (κ3) is 4.39. The Morgan fingerprint density at radius 2 is 1.85 bits per heavy atom. The molecule has 2 N–H and O–H groups in total. The minimum Gasteiger partial charge on any atom is -0.493 e. The number of nitrogens with one attached hydrogen (secondary N) is 2. The summed E-state index contributed by atoms with van der Waals surface area (Å²) in [5.41, 5.74) is 3.32. The number of hydrogen-bond donors (Lipinski definition) is 2. The van der Waals surface area contributed by atoms with Crippen molar-refractivity contribution in [1.82, 2.24) is 5.32 Å². The van der Waals surface area contributed by atoms with Gasteiger partial charge in [-0.25, -0.2) is 4.39 Å². The smallest absolute Gasteiger partial charge is 0.275 e. The third-order valence-corrected chi connectivity index (χ3v) is 5.23. The molecule has 1 aliphatic rings. The Labute approximate surface area is 159 Å². The lowest BCUT2D eigenvalue weighted by Gasteiger charge is -2.32. The van der Waals surface area contributed by atoms with E-state index in [1.165, 1.54) is 28.2 Å². The van der Waals surface area contributed by atoms with Crippen molar-refractivity contribution < 1.29 is 23.6 Å². The number of carbonyl (C=O) groups is 1. The van der Waals surface area contributed by atoms with E-state index in [-0.39, 0.29) is 17.8 Å². The van der Waals surface area contributed by atoms with Crippen molar-refractivity contribution in [1.29, 1.82) is 0 Å². The summed E-state index contributed by atoms with van der Waals surface area (Å²) in [7, 11) is 3.27. The van der Waals surface area contributed by atoms with Crippen molar-refractivity contribution >= 4 is 5.91 Å². The highest BCUT2D eigenvalue weighted by Gasteiger charge is 2.30. The average Bonchev–Trinajstić information content (AvgIpc) is 2.69. The Hall–Kier alpha value is -2.60. The van der Waals surface area contributed by atoms with Gasteiger partial charge in [-0.3, -0.25) is 4.79 Å². The van der Waals surface area contributed by atoms with Crippen LogP contribution in [0.25, 0.3) is 0 Å². The van der Waals surface area contributed by atoms with Gasteiger partial charge in [-0.2, -0.15) is 0 Å². The van der Waals surface area contributed by atoms with Crippen LogP contribution < -0.4 is 19.7 Å². The summed E-state index contributed by atoms with van der Waals surface area (Å²) in [4.78, 5) is 13.6. The van der Waals surface area contributed by atoms with Gasteiger partial charge in [-0.1, -0.05) is 12.1 Å². The zero-order valence-electron chi connectivity index (χ0n) is 16.0. The molecule has 5 nitrogen and oxygen atoms in total. The molecule has 0 bridgehead atoms. The first kappa shape index (κ1) is 19.2. The highest BCUT2D eigenvalue weighted by Crippen LogP contribution is 2.33. The van der Waals surface area contributed by atoms with Crippen LogP contribution in [0.5, 0.6) is 11.5 Å². The number of carbonyl (C=O) groups excluding carboxylic acids is 1. The Bertz CT molecular complexity index is 808. The van der Waals surface area contributed by atoms with Crippen LogP contribution in [0, 0.1) is 5.82 Å². The number of benzene rings is 2. The maximum Gasteiger partial charge on any atom is 0.275 e. The van der Waals surface area contributed by atoms with E-state index in [2.05, 4.69) is 12.2 Å². The van der Waals surface area contributed by atoms with Gasteiger partial charge in [0, 0.05) is 18.5 Å². The minimum absolute atomic E-state index is 0.00917. The van der Waals surface area contributed by atoms with E-state index in [1.54, 1.807) is 26.4 Å². The Balaban J connectivity index is 1.63. The molecule has 0 aromatic heterocycles. The van der Waals surface area contributed by atoms with Gasteiger partial charge in [0.1, 0.15) is 11.9 Å². The number of halogens is 1. The number of hydrogen-bond acceptors (Lipinski definition) is 3. The second-order valence-corrected chi connectivity index (χ2v) is 6.87. The van der Waals surface area contributed by atoms with Crippen LogP contribution in [0.3, 0.4) is 0 Å². The fourth-order valence-corrected chi connectivity index (χ4v) is 3.60. The zero-order chi connectivity index (χ0) is 19.4. The normalized spacial score (nSPS) is 18.5. The zero-order valence-corrected chi connectivity index (χ0v) is 16.0. The molecule has 3 rings (SSSR count). The third-order valence-electron chi connectivity index (χ3n) is 5.23. The lowest BCUT2D eigenvalue weighted by atomic mass is 9.93. The largest absolute Gasteiger partial charge is 0.493 e. The Morgan fingerprint density at radius 3 is 2.52 bits per heavy atom. The van der Waals surface area contributed by atoms with Crippen molar-refractivity contribution in [2.75, 3.05) is 27.3 Å². The molecule has 144 valence electrons. The maximum atomic E-state index is 13.0. The monoisotopic (exact) mass is 373 g/mol. The van der Waals surface area contributed by atoms with Crippen LogP contribution in [0.2, 0.25) is 0 Å². The molecule has 1 amide bonds. The summed E-state index contributed by atoms with van der Waals surface area (Å²) < 4.78 is 23.8. The summed E-state index contributed by atoms with van der Waals surface area (Å²) in [5.74, 6) is 1.17. The van der Waals surface area contributed by atoms with E-state index in [1.807, 2.05) is 12.1 Å². The van der Waals surface area contributed by atoms with Gasteiger partial charge in [0.25, 0.3) is 5.91 Å². The van der Waals surface area contributed by atoms with Gasteiger partial charge >= 0.3 is 0 Å². The highest BCUT2D eigenvalue weighted by atomic mass is 19.1. The molecule has 0 spiro atoms. The minimum atomic E-state index is -0.276. The van der Waals surface area contributed by atoms with Gasteiger partial charge in [0.05, 0.1) is 20.8 Å². The number of amides is 1. The van der Waals surface area contributed by atoms with Crippen molar-refractivity contribution in [2.24, 2.45) is 0 Å². The van der Waals surface area contributed by atoms with Crippen LogP contribution in [0.1, 0.15) is 29.7 Å². The first-order chi connectivity index (χ1) is 13.0. The van der Waals surface area contributed by atoms with Gasteiger partial charge in [-0.15, -0.1) is 0 Å². The molecular weight excluding hydrogens is 347 g/mol. The van der Waals surface area contributed by atoms with Crippen LogP contribution in [-0.4, -0.2) is 33.2 Å². The number of ether oxygens (including phenoxy) is 2. The van der Waals surface area contributed by atoms with E-state index in [9.17, 15) is 9.18 Å². The standard InChI is InChI=1S/C21H25FN2O3/c1-14-18-11-20(27-3)19(26-2)10-16(18)8-9-24(14)13-21(25)23-12-15-4-6-17(22)7-5-15/h4-7,10-11,14H,8-9,12-13H2,1-3H3,(H,23,25)/p+1/t14-/m1/s1. The molecule has 1 unspecified atom stereocenters. The first-order valence-electron chi connectivity index (χ1n) is 9.12. The second kappa shape index (κ2) is 8.39. The van der Waals surface area contributed by atoms with E-state index in [4.69, 9.17) is 9.47 Å². The summed E-state index contributed by atoms with van der Waals surface area (Å²) in [6.45, 7) is 3.82. The van der Waals surface area contributed by atoms with Crippen molar-refractivity contribution in [3.05, 3.63) is 58.9 Å². The van der Waals surface area contributed by atoms with Gasteiger partial charge in [-0.05, 0) is 42.3 Å². The highest BCUT2D eigenvalue weighted by molar-refractivity contribution is 5.76. The molecule has 2 aromatic rings. The van der Waals surface area contributed by atoms with Gasteiger partial charge in [0.2, 0.25) is 0 Å². The number of methoxy groups -OCH3 is 2. The van der Waals surface area contributed by atoms with Crippen LogP contribution in [0.4, 0.5) is 4.39 Å². The van der Waals surface area contributed by atoms with E-state index in [0.717, 1.165) is 24.3 Å². The molecular formula is C21H26FN2O3+. The fraction of sp³-hybridized carbons (Fsp3) is 0.381. The van der Waals surface area contributed by atoms with Crippen LogP contribution in [0.15, 0.2) is 36.4 Å². The molecule has 1 heterocycles. The molecule has 1 aliphatic heterocycles. The SMILES string of the molecule is COc1cc2c(cc1OC)[C@@H](C)[NH+](CC(=O)NCc1ccc(F)cc1)CC2. The average molecular weight is 373 g/mol. The summed E-state index contributed by atoms with van der Waals surface area (Å²) in [6.07, 6.45) is 0.889. The number of quaternary nitrogens is 1. The molecule has 0 aliphatic carbocycles. The molecule has 0 saturated carbocycles. The van der Waals surface area contributed by atoms with Crippen molar-refractivity contribution in [2.45, 2.75) is 25.9 Å². The molecule has 0 fully saturated rings. The molecule has 0 saturated heterocycles.